The minimum Gasteiger partial charge on any atom is -0.353 e. The number of ether oxygens (including phenoxy) is 2. The molecule has 1 aromatic carbocycles. The number of benzene rings is 1. The van der Waals surface area contributed by atoms with E-state index in [0.29, 0.717) is 0 Å². The number of hydrogen-bond acceptors (Lipinski definition) is 3. The van der Waals surface area contributed by atoms with Crippen LogP contribution in [0.25, 0.3) is 6.08 Å². The van der Waals surface area contributed by atoms with Gasteiger partial charge in [-0.25, -0.2) is 0 Å². The molecule has 0 unspecified atom stereocenters. The van der Waals surface area contributed by atoms with Crippen molar-refractivity contribution in [3.05, 3.63) is 41.5 Å². The van der Waals surface area contributed by atoms with E-state index in [0.717, 1.165) is 30.6 Å². The molecule has 0 aromatic heterocycles. The Morgan fingerprint density at radius 3 is 2.11 bits per heavy atom. The highest BCUT2D eigenvalue weighted by molar-refractivity contribution is 5.80. The third-order valence-electron chi connectivity index (χ3n) is 2.18. The molecular formula is C16H24O3. The quantitative estimate of drug-likeness (QED) is 0.446. The smallest absolute Gasteiger partial charge is 0.154 e. The van der Waals surface area contributed by atoms with Crippen molar-refractivity contribution in [2.45, 2.75) is 34.0 Å². The molecule has 0 fully saturated rings. The fraction of sp³-hybridized carbons (Fsp3) is 0.438. The summed E-state index contributed by atoms with van der Waals surface area (Å²) in [7, 11) is 0. The molecule has 1 rings (SSSR count). The Balaban J connectivity index is 0.000000362. The van der Waals surface area contributed by atoms with Gasteiger partial charge in [0.25, 0.3) is 0 Å². The topological polar surface area (TPSA) is 35.5 Å². The lowest BCUT2D eigenvalue weighted by atomic mass is 10.1. The number of allylic oxidation sites excluding steroid dienone is 1. The molecule has 19 heavy (non-hydrogen) atoms. The predicted molar refractivity (Wildman–Crippen MR) is 78.9 cm³/mol. The van der Waals surface area contributed by atoms with Crippen molar-refractivity contribution < 1.29 is 14.3 Å². The molecule has 0 heterocycles. The number of carbonyl (C=O) groups excluding carboxylic acids is 1. The van der Waals surface area contributed by atoms with Gasteiger partial charge in [0.15, 0.2) is 6.29 Å². The number of aldehydes is 1. The Hall–Kier alpha value is -1.45. The first-order chi connectivity index (χ1) is 9.13. The van der Waals surface area contributed by atoms with E-state index in [1.807, 2.05) is 57.2 Å². The SMILES string of the molecule is C/C(C=O)=C\c1ccccc1.CCOC(C)OCC. The molecule has 0 bridgehead atoms. The van der Waals surface area contributed by atoms with Gasteiger partial charge in [0, 0.05) is 13.2 Å². The van der Waals surface area contributed by atoms with Crippen molar-refractivity contribution in [3.8, 4) is 0 Å². The lowest BCUT2D eigenvalue weighted by Gasteiger charge is -2.09. The predicted octanol–water partition coefficient (Wildman–Crippen LogP) is 3.69. The minimum atomic E-state index is -0.0370. The fourth-order valence-electron chi connectivity index (χ4n) is 1.36. The van der Waals surface area contributed by atoms with E-state index in [4.69, 9.17) is 9.47 Å². The summed E-state index contributed by atoms with van der Waals surface area (Å²) in [6, 6.07) is 9.78. The van der Waals surface area contributed by atoms with E-state index >= 15 is 0 Å². The van der Waals surface area contributed by atoms with Crippen molar-refractivity contribution in [2.75, 3.05) is 13.2 Å². The first kappa shape index (κ1) is 17.6. The Morgan fingerprint density at radius 1 is 1.16 bits per heavy atom. The van der Waals surface area contributed by atoms with Gasteiger partial charge in [-0.1, -0.05) is 30.3 Å². The highest BCUT2D eigenvalue weighted by Gasteiger charge is 1.94. The molecule has 0 saturated carbocycles. The van der Waals surface area contributed by atoms with Gasteiger partial charge < -0.3 is 9.47 Å². The zero-order chi connectivity index (χ0) is 14.5. The van der Waals surface area contributed by atoms with Gasteiger partial charge >= 0.3 is 0 Å². The molecular weight excluding hydrogens is 240 g/mol. The van der Waals surface area contributed by atoms with Gasteiger partial charge in [-0.15, -0.1) is 0 Å². The molecule has 0 aliphatic carbocycles. The van der Waals surface area contributed by atoms with Crippen LogP contribution in [0.3, 0.4) is 0 Å². The highest BCUT2D eigenvalue weighted by Crippen LogP contribution is 2.03. The van der Waals surface area contributed by atoms with Gasteiger partial charge in [0.05, 0.1) is 0 Å². The Morgan fingerprint density at radius 2 is 1.68 bits per heavy atom. The normalized spacial score (nSPS) is 10.9. The summed E-state index contributed by atoms with van der Waals surface area (Å²) in [6.45, 7) is 9.04. The summed E-state index contributed by atoms with van der Waals surface area (Å²) in [4.78, 5) is 10.2. The maximum absolute atomic E-state index is 10.2. The van der Waals surface area contributed by atoms with Crippen molar-refractivity contribution in [1.29, 1.82) is 0 Å². The van der Waals surface area contributed by atoms with E-state index in [-0.39, 0.29) is 6.29 Å². The fourth-order valence-corrected chi connectivity index (χ4v) is 1.36. The van der Waals surface area contributed by atoms with E-state index in [1.165, 1.54) is 0 Å². The summed E-state index contributed by atoms with van der Waals surface area (Å²) in [5, 5.41) is 0. The van der Waals surface area contributed by atoms with Crippen LogP contribution in [0, 0.1) is 0 Å². The molecule has 0 aliphatic rings. The number of hydrogen-bond donors (Lipinski definition) is 0. The average Bonchev–Trinajstić information content (AvgIpc) is 2.41. The molecule has 106 valence electrons. The van der Waals surface area contributed by atoms with Crippen molar-refractivity contribution >= 4 is 12.4 Å². The molecule has 0 saturated heterocycles. The van der Waals surface area contributed by atoms with Gasteiger partial charge in [-0.05, 0) is 44.9 Å². The van der Waals surface area contributed by atoms with E-state index in [9.17, 15) is 4.79 Å². The van der Waals surface area contributed by atoms with Crippen molar-refractivity contribution in [1.82, 2.24) is 0 Å². The maximum Gasteiger partial charge on any atom is 0.154 e. The van der Waals surface area contributed by atoms with E-state index in [1.54, 1.807) is 6.92 Å². The molecule has 0 radical (unpaired) electrons. The van der Waals surface area contributed by atoms with Crippen LogP contribution in [0.5, 0.6) is 0 Å². The summed E-state index contributed by atoms with van der Waals surface area (Å²) >= 11 is 0. The van der Waals surface area contributed by atoms with Gasteiger partial charge in [-0.3, -0.25) is 4.79 Å². The van der Waals surface area contributed by atoms with Crippen molar-refractivity contribution in [2.24, 2.45) is 0 Å². The van der Waals surface area contributed by atoms with Crippen LogP contribution in [0.1, 0.15) is 33.3 Å². The minimum absolute atomic E-state index is 0.0370. The summed E-state index contributed by atoms with van der Waals surface area (Å²) in [5.74, 6) is 0. The third-order valence-corrected chi connectivity index (χ3v) is 2.18. The van der Waals surface area contributed by atoms with Crippen LogP contribution >= 0.6 is 0 Å². The second kappa shape index (κ2) is 11.6. The third kappa shape index (κ3) is 10.2. The first-order valence-electron chi connectivity index (χ1n) is 6.55. The lowest BCUT2D eigenvalue weighted by molar-refractivity contribution is -0.123. The zero-order valence-corrected chi connectivity index (χ0v) is 12.3. The molecule has 0 spiro atoms. The van der Waals surface area contributed by atoms with Crippen LogP contribution in [0.15, 0.2) is 35.9 Å². The maximum atomic E-state index is 10.2. The number of carbonyl (C=O) groups is 1. The van der Waals surface area contributed by atoms with E-state index < -0.39 is 0 Å². The van der Waals surface area contributed by atoms with E-state index in [2.05, 4.69) is 0 Å². The van der Waals surface area contributed by atoms with Gasteiger partial charge in [0.2, 0.25) is 0 Å². The van der Waals surface area contributed by atoms with Crippen LogP contribution in [0.4, 0.5) is 0 Å². The van der Waals surface area contributed by atoms with Gasteiger partial charge in [0.1, 0.15) is 6.29 Å². The first-order valence-corrected chi connectivity index (χ1v) is 6.55. The largest absolute Gasteiger partial charge is 0.353 e. The molecule has 3 heteroatoms. The average molecular weight is 264 g/mol. The molecule has 0 atom stereocenters. The molecule has 0 N–H and O–H groups in total. The zero-order valence-electron chi connectivity index (χ0n) is 12.3. The highest BCUT2D eigenvalue weighted by atomic mass is 16.7. The summed E-state index contributed by atoms with van der Waals surface area (Å²) in [6.07, 6.45) is 2.67. The number of rotatable bonds is 6. The summed E-state index contributed by atoms with van der Waals surface area (Å²) < 4.78 is 10.1. The molecule has 0 amide bonds. The Bertz CT molecular complexity index is 352. The summed E-state index contributed by atoms with van der Waals surface area (Å²) in [5.41, 5.74) is 1.81. The van der Waals surface area contributed by atoms with Gasteiger partial charge in [-0.2, -0.15) is 0 Å². The van der Waals surface area contributed by atoms with Crippen LogP contribution in [-0.4, -0.2) is 25.8 Å². The molecule has 1 aromatic rings. The standard InChI is InChI=1S/C10H10O.C6H14O2/c1-9(8-11)7-10-5-3-2-4-6-10;1-4-7-6(3)8-5-2/h2-8H,1H3;6H,4-5H2,1-3H3/b9-7+;. The Kier molecular flexibility index (Phi) is 10.7. The molecule has 0 aliphatic heterocycles. The van der Waals surface area contributed by atoms with Crippen LogP contribution < -0.4 is 0 Å². The lowest BCUT2D eigenvalue weighted by Crippen LogP contribution is -2.11. The second-order valence-corrected chi connectivity index (χ2v) is 3.90. The monoisotopic (exact) mass is 264 g/mol. The van der Waals surface area contributed by atoms with Crippen molar-refractivity contribution in [3.63, 3.8) is 0 Å². The van der Waals surface area contributed by atoms with Crippen LogP contribution in [-0.2, 0) is 14.3 Å². The Labute approximate surface area is 116 Å². The molecule has 3 nitrogen and oxygen atoms in total. The van der Waals surface area contributed by atoms with Crippen LogP contribution in [0.2, 0.25) is 0 Å². The second-order valence-electron chi connectivity index (χ2n) is 3.90.